The molecule has 0 radical (unpaired) electrons. The van der Waals surface area contributed by atoms with Gasteiger partial charge in [-0.3, -0.25) is 14.5 Å². The van der Waals surface area contributed by atoms with Crippen molar-refractivity contribution in [2.45, 2.75) is 25.4 Å². The lowest BCUT2D eigenvalue weighted by atomic mass is 9.97. The number of ether oxygens (including phenoxy) is 1. The lowest BCUT2D eigenvalue weighted by Gasteiger charge is -2.29. The Hall–Kier alpha value is -2.70. The Balaban J connectivity index is 1.61. The molecule has 2 bridgehead atoms. The number of para-hydroxylation sites is 1. The number of carbonyl (C=O) groups is 2. The molecule has 2 aliphatic rings. The molecule has 6 heteroatoms. The van der Waals surface area contributed by atoms with Crippen LogP contribution in [0.4, 0.5) is 5.69 Å². The molecule has 160 valence electrons. The second kappa shape index (κ2) is 9.20. The molecule has 1 fully saturated rings. The zero-order valence-electron chi connectivity index (χ0n) is 17.5. The highest BCUT2D eigenvalue weighted by molar-refractivity contribution is 9.10. The van der Waals surface area contributed by atoms with Gasteiger partial charge in [0.05, 0.1) is 17.6 Å². The number of hydrogen-bond donors (Lipinski definition) is 0. The molecule has 4 rings (SSSR count). The monoisotopic (exact) mass is 480 g/mol. The Kier molecular flexibility index (Phi) is 6.39. The fraction of sp³-hybridized carbons (Fsp3) is 0.280. The number of allylic oxidation sites excluding steroid dienone is 1. The van der Waals surface area contributed by atoms with E-state index in [9.17, 15) is 9.59 Å². The van der Waals surface area contributed by atoms with Gasteiger partial charge in [0.15, 0.2) is 0 Å². The van der Waals surface area contributed by atoms with Gasteiger partial charge in [0.25, 0.3) is 5.91 Å². The van der Waals surface area contributed by atoms with Crippen LogP contribution in [-0.2, 0) is 20.9 Å². The Labute approximate surface area is 191 Å². The molecule has 0 aromatic heterocycles. The van der Waals surface area contributed by atoms with Crippen molar-refractivity contribution in [3.63, 3.8) is 0 Å². The number of likely N-dealkylation sites (tertiary alicyclic amines) is 1. The van der Waals surface area contributed by atoms with Crippen LogP contribution in [0.2, 0.25) is 0 Å². The summed E-state index contributed by atoms with van der Waals surface area (Å²) < 4.78 is 6.15. The average Bonchev–Trinajstić information content (AvgIpc) is 2.90. The summed E-state index contributed by atoms with van der Waals surface area (Å²) in [6.07, 6.45) is 2.87. The molecule has 5 nitrogen and oxygen atoms in total. The second-order valence-corrected chi connectivity index (χ2v) is 8.72. The van der Waals surface area contributed by atoms with E-state index in [1.807, 2.05) is 65.6 Å². The number of hydrogen-bond acceptors (Lipinski definition) is 3. The highest BCUT2D eigenvalue weighted by Crippen LogP contribution is 2.40. The lowest BCUT2D eigenvalue weighted by Crippen LogP contribution is -2.38. The molecule has 0 saturated carbocycles. The van der Waals surface area contributed by atoms with Crippen LogP contribution < -0.4 is 4.90 Å². The van der Waals surface area contributed by atoms with Crippen LogP contribution in [0.3, 0.4) is 0 Å². The first-order chi connectivity index (χ1) is 15.0. The molecule has 31 heavy (non-hydrogen) atoms. The predicted octanol–water partition coefficient (Wildman–Crippen LogP) is 4.69. The normalized spacial score (nSPS) is 20.5. The zero-order chi connectivity index (χ0) is 22.0. The van der Waals surface area contributed by atoms with Crippen LogP contribution in [0.15, 0.2) is 82.9 Å². The molecule has 2 aromatic carbocycles. The number of nitrogens with zero attached hydrogens (tertiary/aromatic N) is 2. The zero-order valence-corrected chi connectivity index (χ0v) is 19.0. The maximum Gasteiger partial charge on any atom is 0.255 e. The van der Waals surface area contributed by atoms with Crippen LogP contribution in [-0.4, -0.2) is 36.6 Å². The van der Waals surface area contributed by atoms with Crippen molar-refractivity contribution in [3.8, 4) is 0 Å². The number of anilines is 1. The maximum atomic E-state index is 13.5. The summed E-state index contributed by atoms with van der Waals surface area (Å²) in [6, 6.07) is 17.3. The number of halogens is 1. The first kappa shape index (κ1) is 21.5. The third-order valence-electron chi connectivity index (χ3n) is 5.96. The standard InChI is InChI=1S/C25H25BrN2O3/c1-17-20-13-12-19(24(29)28(16-31-2)22-11-7-6-10-21(22)26)14-23(17)27(25(20)30)15-18-8-4-3-5-9-18/h3-12,20,23H,1,13-16H2,2H3/t20-,23+/m0/s1. The number of amides is 2. The van der Waals surface area contributed by atoms with Crippen molar-refractivity contribution in [2.24, 2.45) is 5.92 Å². The fourth-order valence-electron chi connectivity index (χ4n) is 4.34. The summed E-state index contributed by atoms with van der Waals surface area (Å²) in [5.41, 5.74) is 3.41. The average molecular weight is 481 g/mol. The van der Waals surface area contributed by atoms with Gasteiger partial charge < -0.3 is 9.64 Å². The van der Waals surface area contributed by atoms with E-state index in [0.717, 1.165) is 21.3 Å². The first-order valence-electron chi connectivity index (χ1n) is 10.3. The molecule has 2 aromatic rings. The molecule has 0 spiro atoms. The Morgan fingerprint density at radius 1 is 1.19 bits per heavy atom. The van der Waals surface area contributed by atoms with Gasteiger partial charge in [-0.15, -0.1) is 0 Å². The second-order valence-electron chi connectivity index (χ2n) is 7.87. The Morgan fingerprint density at radius 2 is 1.90 bits per heavy atom. The smallest absolute Gasteiger partial charge is 0.255 e. The van der Waals surface area contributed by atoms with Crippen molar-refractivity contribution < 1.29 is 14.3 Å². The summed E-state index contributed by atoms with van der Waals surface area (Å²) in [5, 5.41) is 0. The van der Waals surface area contributed by atoms with Gasteiger partial charge in [-0.2, -0.15) is 0 Å². The van der Waals surface area contributed by atoms with E-state index >= 15 is 0 Å². The molecule has 2 amide bonds. The van der Waals surface area contributed by atoms with Crippen molar-refractivity contribution in [3.05, 3.63) is 88.4 Å². The minimum absolute atomic E-state index is 0.0983. The van der Waals surface area contributed by atoms with Crippen LogP contribution in [0, 0.1) is 5.92 Å². The lowest BCUT2D eigenvalue weighted by molar-refractivity contribution is -0.132. The van der Waals surface area contributed by atoms with E-state index in [1.165, 1.54) is 0 Å². The van der Waals surface area contributed by atoms with Gasteiger partial charge in [0, 0.05) is 30.1 Å². The molecule has 1 aliphatic heterocycles. The van der Waals surface area contributed by atoms with Crippen LogP contribution in [0.25, 0.3) is 0 Å². The van der Waals surface area contributed by atoms with Gasteiger partial charge in [-0.25, -0.2) is 0 Å². The SMILES string of the molecule is C=C1[C@@H]2CC=C(C(=O)N(COC)c3ccccc3Br)C[C@H]1N(Cc1ccccc1)C2=O. The minimum Gasteiger partial charge on any atom is -0.364 e. The van der Waals surface area contributed by atoms with Gasteiger partial charge >= 0.3 is 0 Å². The molecular formula is C25H25BrN2O3. The van der Waals surface area contributed by atoms with E-state index in [1.54, 1.807) is 12.0 Å². The number of methoxy groups -OCH3 is 1. The van der Waals surface area contributed by atoms with E-state index < -0.39 is 0 Å². The largest absolute Gasteiger partial charge is 0.364 e. The molecule has 2 atom stereocenters. The van der Waals surface area contributed by atoms with Crippen LogP contribution in [0.1, 0.15) is 18.4 Å². The molecule has 0 N–H and O–H groups in total. The number of rotatable bonds is 6. The summed E-state index contributed by atoms with van der Waals surface area (Å²) in [6.45, 7) is 4.90. The third kappa shape index (κ3) is 4.23. The number of benzene rings is 2. The van der Waals surface area contributed by atoms with Crippen molar-refractivity contribution in [1.82, 2.24) is 4.90 Å². The van der Waals surface area contributed by atoms with Gasteiger partial charge in [0.2, 0.25) is 5.91 Å². The topological polar surface area (TPSA) is 49.9 Å². The molecular weight excluding hydrogens is 456 g/mol. The van der Waals surface area contributed by atoms with Crippen LogP contribution >= 0.6 is 15.9 Å². The molecule has 0 unspecified atom stereocenters. The summed E-state index contributed by atoms with van der Waals surface area (Å²) in [4.78, 5) is 30.1. The minimum atomic E-state index is -0.265. The first-order valence-corrected chi connectivity index (χ1v) is 11.1. The van der Waals surface area contributed by atoms with Gasteiger partial charge in [0.1, 0.15) is 6.73 Å². The number of fused-ring (bicyclic) bond motifs is 2. The fourth-order valence-corrected chi connectivity index (χ4v) is 4.84. The quantitative estimate of drug-likeness (QED) is 0.445. The van der Waals surface area contributed by atoms with Crippen LogP contribution in [0.5, 0.6) is 0 Å². The Morgan fingerprint density at radius 3 is 2.61 bits per heavy atom. The van der Waals surface area contributed by atoms with Crippen molar-refractivity contribution >= 4 is 33.4 Å². The summed E-state index contributed by atoms with van der Waals surface area (Å²) >= 11 is 3.54. The molecule has 1 aliphatic carbocycles. The number of carbonyl (C=O) groups excluding carboxylic acids is 2. The van der Waals surface area contributed by atoms with Gasteiger partial charge in [-0.1, -0.05) is 55.1 Å². The third-order valence-corrected chi connectivity index (χ3v) is 6.63. The van der Waals surface area contributed by atoms with Crippen molar-refractivity contribution in [2.75, 3.05) is 18.7 Å². The molecule has 1 heterocycles. The Bertz CT molecular complexity index is 1030. The van der Waals surface area contributed by atoms with E-state index in [2.05, 4.69) is 22.5 Å². The maximum absolute atomic E-state index is 13.5. The van der Waals surface area contributed by atoms with E-state index in [-0.39, 0.29) is 30.5 Å². The highest BCUT2D eigenvalue weighted by atomic mass is 79.9. The van der Waals surface area contributed by atoms with E-state index in [0.29, 0.717) is 25.0 Å². The van der Waals surface area contributed by atoms with Crippen molar-refractivity contribution in [1.29, 1.82) is 0 Å². The predicted molar refractivity (Wildman–Crippen MR) is 124 cm³/mol. The highest BCUT2D eigenvalue weighted by Gasteiger charge is 2.44. The molecule has 1 saturated heterocycles. The summed E-state index contributed by atoms with van der Waals surface area (Å²) in [5.74, 6) is -0.277. The van der Waals surface area contributed by atoms with E-state index in [4.69, 9.17) is 4.74 Å². The van der Waals surface area contributed by atoms with Gasteiger partial charge in [-0.05, 0) is 45.6 Å². The summed E-state index contributed by atoms with van der Waals surface area (Å²) in [7, 11) is 1.57.